The van der Waals surface area contributed by atoms with Crippen LogP contribution in [0.1, 0.15) is 48.4 Å². The molecule has 1 aliphatic heterocycles. The van der Waals surface area contributed by atoms with Gasteiger partial charge in [0.2, 0.25) is 0 Å². The Morgan fingerprint density at radius 1 is 1.16 bits per heavy atom. The maximum Gasteiger partial charge on any atom is 0.0947 e. The first-order chi connectivity index (χ1) is 12.3. The number of fused-ring (bicyclic) bond motifs is 1. The molecule has 5 heteroatoms. The van der Waals surface area contributed by atoms with Crippen LogP contribution in [0.3, 0.4) is 0 Å². The van der Waals surface area contributed by atoms with E-state index in [9.17, 15) is 0 Å². The second-order valence-electron chi connectivity index (χ2n) is 8.16. The second-order valence-corrected chi connectivity index (χ2v) is 8.16. The summed E-state index contributed by atoms with van der Waals surface area (Å²) < 4.78 is 13.6. The third kappa shape index (κ3) is 3.67. The van der Waals surface area contributed by atoms with Crippen molar-refractivity contribution in [3.05, 3.63) is 41.6 Å². The first-order valence-corrected chi connectivity index (χ1v) is 9.71. The summed E-state index contributed by atoms with van der Waals surface area (Å²) >= 11 is 0. The summed E-state index contributed by atoms with van der Waals surface area (Å²) in [4.78, 5) is 2.50. The van der Waals surface area contributed by atoms with Crippen LogP contribution in [-0.2, 0) is 24.4 Å². The molecule has 0 bridgehead atoms. The smallest absolute Gasteiger partial charge is 0.0947 e. The van der Waals surface area contributed by atoms with E-state index in [4.69, 9.17) is 14.3 Å². The van der Waals surface area contributed by atoms with Crippen molar-refractivity contribution in [3.63, 3.8) is 0 Å². The highest BCUT2D eigenvalue weighted by atomic mass is 16.5. The first-order valence-electron chi connectivity index (χ1n) is 9.71. The molecule has 2 aromatic rings. The number of ether oxygens (including phenoxy) is 1. The fourth-order valence-corrected chi connectivity index (χ4v) is 3.98. The molecule has 5 rings (SSSR count). The third-order valence-electron chi connectivity index (χ3n) is 5.70. The molecule has 1 unspecified atom stereocenters. The fourth-order valence-electron chi connectivity index (χ4n) is 3.98. The van der Waals surface area contributed by atoms with Gasteiger partial charge in [-0.05, 0) is 43.6 Å². The van der Waals surface area contributed by atoms with E-state index in [-0.39, 0.29) is 0 Å². The second kappa shape index (κ2) is 6.61. The normalized spacial score (nSPS) is 23.8. The van der Waals surface area contributed by atoms with E-state index >= 15 is 0 Å². The quantitative estimate of drug-likeness (QED) is 0.738. The molecule has 1 atom stereocenters. The zero-order valence-electron chi connectivity index (χ0n) is 14.8. The molecule has 0 radical (unpaired) electrons. The minimum Gasteiger partial charge on any atom is -0.472 e. The van der Waals surface area contributed by atoms with Gasteiger partial charge >= 0.3 is 0 Å². The number of hydrogen-bond donors (Lipinski definition) is 0. The van der Waals surface area contributed by atoms with E-state index < -0.39 is 0 Å². The summed E-state index contributed by atoms with van der Waals surface area (Å²) in [5.41, 5.74) is 4.06. The largest absolute Gasteiger partial charge is 0.472 e. The topological polar surface area (TPSA) is 43.4 Å². The van der Waals surface area contributed by atoms with Crippen LogP contribution in [0.25, 0.3) is 0 Å². The summed E-state index contributed by atoms with van der Waals surface area (Å²) in [5, 5.41) is 4.73. The van der Waals surface area contributed by atoms with Crippen molar-refractivity contribution in [1.82, 2.24) is 14.7 Å². The Bertz CT molecular complexity index is 701. The summed E-state index contributed by atoms with van der Waals surface area (Å²) in [5.74, 6) is 2.10. The van der Waals surface area contributed by atoms with E-state index in [2.05, 4.69) is 21.8 Å². The molecule has 5 nitrogen and oxygen atoms in total. The molecule has 2 aliphatic carbocycles. The van der Waals surface area contributed by atoms with Gasteiger partial charge in [0.05, 0.1) is 25.3 Å². The van der Waals surface area contributed by atoms with Crippen molar-refractivity contribution in [2.75, 3.05) is 19.8 Å². The molecule has 0 amide bonds. The Balaban J connectivity index is 1.32. The van der Waals surface area contributed by atoms with Gasteiger partial charge in [-0.2, -0.15) is 5.10 Å². The monoisotopic (exact) mass is 341 g/mol. The predicted octanol–water partition coefficient (Wildman–Crippen LogP) is 3.41. The van der Waals surface area contributed by atoms with Gasteiger partial charge in [0.15, 0.2) is 0 Å². The molecule has 0 N–H and O–H groups in total. The average molecular weight is 341 g/mol. The molecular formula is C20H27N3O2. The van der Waals surface area contributed by atoms with Crippen LogP contribution in [0.15, 0.2) is 29.2 Å². The number of rotatable bonds is 8. The molecule has 0 saturated heterocycles. The standard InChI is InChI=1S/C20H27N3O2/c1-2-15(1)9-23-20-18(7-21-23)10-22(8-17-5-6-24-13-17)11-19(20)14-25-12-16-3-4-16/h5-7,13,15-16,19H,1-4,8-12,14H2. The molecule has 2 aromatic heterocycles. The fraction of sp³-hybridized carbons (Fsp3) is 0.650. The van der Waals surface area contributed by atoms with Crippen LogP contribution in [-0.4, -0.2) is 34.4 Å². The van der Waals surface area contributed by atoms with Crippen LogP contribution in [0.2, 0.25) is 0 Å². The minimum absolute atomic E-state index is 0.427. The van der Waals surface area contributed by atoms with Crippen molar-refractivity contribution < 1.29 is 9.15 Å². The molecule has 25 heavy (non-hydrogen) atoms. The van der Waals surface area contributed by atoms with Gasteiger partial charge in [-0.1, -0.05) is 0 Å². The Labute approximate surface area is 148 Å². The first kappa shape index (κ1) is 15.6. The van der Waals surface area contributed by atoms with E-state index in [0.29, 0.717) is 5.92 Å². The number of furan rings is 1. The number of aromatic nitrogens is 2. The molecule has 0 spiro atoms. The summed E-state index contributed by atoms with van der Waals surface area (Å²) in [7, 11) is 0. The Kier molecular flexibility index (Phi) is 4.14. The molecule has 3 heterocycles. The summed E-state index contributed by atoms with van der Waals surface area (Å²) in [6.45, 7) is 5.80. The summed E-state index contributed by atoms with van der Waals surface area (Å²) in [6, 6.07) is 2.06. The molecule has 134 valence electrons. The van der Waals surface area contributed by atoms with E-state index in [1.807, 2.05) is 6.26 Å². The Hall–Kier alpha value is -1.59. The van der Waals surface area contributed by atoms with Crippen LogP contribution < -0.4 is 0 Å². The molecular weight excluding hydrogens is 314 g/mol. The SMILES string of the molecule is c1cc(CN2Cc3cnn(CC4CC4)c3C(COCC3CC3)C2)co1. The Morgan fingerprint density at radius 2 is 2.04 bits per heavy atom. The lowest BCUT2D eigenvalue weighted by Gasteiger charge is -2.33. The highest BCUT2D eigenvalue weighted by molar-refractivity contribution is 5.26. The number of hydrogen-bond acceptors (Lipinski definition) is 4. The van der Waals surface area contributed by atoms with Gasteiger partial charge in [-0.3, -0.25) is 9.58 Å². The summed E-state index contributed by atoms with van der Waals surface area (Å²) in [6.07, 6.45) is 11.1. The van der Waals surface area contributed by atoms with Crippen LogP contribution in [0.5, 0.6) is 0 Å². The number of nitrogens with zero attached hydrogens (tertiary/aromatic N) is 3. The lowest BCUT2D eigenvalue weighted by molar-refractivity contribution is 0.0864. The maximum atomic E-state index is 6.10. The van der Waals surface area contributed by atoms with Crippen molar-refractivity contribution in [2.45, 2.75) is 51.2 Å². The van der Waals surface area contributed by atoms with Gasteiger partial charge < -0.3 is 9.15 Å². The van der Waals surface area contributed by atoms with E-state index in [1.54, 1.807) is 6.26 Å². The minimum atomic E-state index is 0.427. The van der Waals surface area contributed by atoms with Gasteiger partial charge in [-0.15, -0.1) is 0 Å². The zero-order chi connectivity index (χ0) is 16.6. The van der Waals surface area contributed by atoms with E-state index in [0.717, 1.165) is 51.2 Å². The van der Waals surface area contributed by atoms with Crippen LogP contribution in [0.4, 0.5) is 0 Å². The van der Waals surface area contributed by atoms with Crippen molar-refractivity contribution in [2.24, 2.45) is 11.8 Å². The van der Waals surface area contributed by atoms with Crippen LogP contribution >= 0.6 is 0 Å². The average Bonchev–Trinajstić information content (AvgIpc) is 3.51. The molecule has 2 fully saturated rings. The van der Waals surface area contributed by atoms with Gasteiger partial charge in [0.25, 0.3) is 0 Å². The molecule has 3 aliphatic rings. The van der Waals surface area contributed by atoms with Gasteiger partial charge in [0.1, 0.15) is 0 Å². The van der Waals surface area contributed by atoms with Crippen molar-refractivity contribution in [3.8, 4) is 0 Å². The zero-order valence-corrected chi connectivity index (χ0v) is 14.8. The van der Waals surface area contributed by atoms with Gasteiger partial charge in [0, 0.05) is 55.5 Å². The highest BCUT2D eigenvalue weighted by Crippen LogP contribution is 2.35. The van der Waals surface area contributed by atoms with Crippen LogP contribution in [0, 0.1) is 11.8 Å². The predicted molar refractivity (Wildman–Crippen MR) is 94.1 cm³/mol. The highest BCUT2D eigenvalue weighted by Gasteiger charge is 2.32. The molecule has 0 aromatic carbocycles. The Morgan fingerprint density at radius 3 is 2.80 bits per heavy atom. The van der Waals surface area contributed by atoms with Crippen molar-refractivity contribution >= 4 is 0 Å². The lowest BCUT2D eigenvalue weighted by Crippen LogP contribution is -2.36. The van der Waals surface area contributed by atoms with E-state index in [1.165, 1.54) is 42.5 Å². The van der Waals surface area contributed by atoms with Gasteiger partial charge in [-0.25, -0.2) is 0 Å². The lowest BCUT2D eigenvalue weighted by atomic mass is 9.96. The molecule has 2 saturated carbocycles. The maximum absolute atomic E-state index is 6.10. The van der Waals surface area contributed by atoms with Crippen molar-refractivity contribution in [1.29, 1.82) is 0 Å². The third-order valence-corrected chi connectivity index (χ3v) is 5.70.